The molecule has 0 spiro atoms. The third-order valence-corrected chi connectivity index (χ3v) is 4.88. The summed E-state index contributed by atoms with van der Waals surface area (Å²) >= 11 is 2.11. The van der Waals surface area contributed by atoms with Crippen molar-refractivity contribution in [3.63, 3.8) is 0 Å². The van der Waals surface area contributed by atoms with Crippen molar-refractivity contribution >= 4 is 34.4 Å². The Balaban J connectivity index is 2.07. The van der Waals surface area contributed by atoms with Crippen LogP contribution in [0.3, 0.4) is 0 Å². The molecule has 2 aromatic rings. The second-order valence-corrected chi connectivity index (χ2v) is 6.22. The Hall–Kier alpha value is -2.29. The van der Waals surface area contributed by atoms with Crippen LogP contribution in [0.25, 0.3) is 0 Å². The molecule has 2 N–H and O–H groups in total. The monoisotopic (exact) mass is 454 g/mol. The fraction of sp³-hybridized carbons (Fsp3) is 0.222. The number of rotatable bonds is 5. The van der Waals surface area contributed by atoms with Gasteiger partial charge in [0.1, 0.15) is 0 Å². The van der Waals surface area contributed by atoms with E-state index in [-0.39, 0.29) is 5.91 Å². The average Bonchev–Trinajstić information content (AvgIpc) is 2.62. The van der Waals surface area contributed by atoms with Crippen LogP contribution in [0.15, 0.2) is 36.4 Å². The van der Waals surface area contributed by atoms with Crippen LogP contribution in [0.5, 0.6) is 11.5 Å². The summed E-state index contributed by atoms with van der Waals surface area (Å²) in [6, 6.07) is 10.2. The zero-order valence-electron chi connectivity index (χ0n) is 14.2. The molecule has 2 rings (SSSR count). The summed E-state index contributed by atoms with van der Waals surface area (Å²) in [7, 11) is 1.50. The van der Waals surface area contributed by atoms with Gasteiger partial charge in [-0.1, -0.05) is 12.1 Å². The lowest BCUT2D eigenvalue weighted by molar-refractivity contribution is 0.0846. The third kappa shape index (κ3) is 4.62. The Bertz CT molecular complexity index is 793. The van der Waals surface area contributed by atoms with E-state index in [2.05, 4.69) is 33.4 Å². The van der Waals surface area contributed by atoms with Crippen molar-refractivity contribution in [2.24, 2.45) is 0 Å². The minimum Gasteiger partial charge on any atom is -0.493 e. The molecule has 0 saturated heterocycles. The molecule has 6 nitrogen and oxygen atoms in total. The summed E-state index contributed by atoms with van der Waals surface area (Å²) in [4.78, 5) is 24.5. The number of ether oxygens (including phenoxy) is 2. The number of nitrogens with one attached hydrogen (secondary N) is 2. The first-order valence-corrected chi connectivity index (χ1v) is 8.72. The van der Waals surface area contributed by atoms with Gasteiger partial charge in [-0.3, -0.25) is 20.4 Å². The number of hydrazine groups is 1. The van der Waals surface area contributed by atoms with Crippen molar-refractivity contribution in [3.8, 4) is 11.5 Å². The maximum absolute atomic E-state index is 12.2. The van der Waals surface area contributed by atoms with E-state index in [9.17, 15) is 9.59 Å². The molecule has 25 heavy (non-hydrogen) atoms. The zero-order chi connectivity index (χ0) is 18.4. The van der Waals surface area contributed by atoms with Crippen LogP contribution in [0.4, 0.5) is 0 Å². The van der Waals surface area contributed by atoms with Gasteiger partial charge in [0.05, 0.1) is 19.3 Å². The Kier molecular flexibility index (Phi) is 6.63. The second-order valence-electron chi connectivity index (χ2n) is 5.14. The average molecular weight is 454 g/mol. The number of aryl methyl sites for hydroxylation is 1. The molecule has 0 radical (unpaired) electrons. The Labute approximate surface area is 160 Å². The molecular weight excluding hydrogens is 435 g/mol. The maximum atomic E-state index is 12.2. The fourth-order valence-corrected chi connectivity index (χ4v) is 2.76. The molecule has 0 aliphatic heterocycles. The summed E-state index contributed by atoms with van der Waals surface area (Å²) in [5.74, 6) is 0.186. The van der Waals surface area contributed by atoms with E-state index in [1.165, 1.54) is 7.11 Å². The van der Waals surface area contributed by atoms with Crippen molar-refractivity contribution in [1.29, 1.82) is 0 Å². The minimum atomic E-state index is -0.447. The predicted octanol–water partition coefficient (Wildman–Crippen LogP) is 3.08. The number of carbonyl (C=O) groups excluding carboxylic acids is 2. The molecule has 0 heterocycles. The van der Waals surface area contributed by atoms with E-state index in [4.69, 9.17) is 9.47 Å². The van der Waals surface area contributed by atoms with Gasteiger partial charge < -0.3 is 9.47 Å². The SMILES string of the molecule is CCOc1ccc(C(=O)NNC(=O)c2cccc(C)c2I)cc1OC. The number of methoxy groups -OCH3 is 1. The van der Waals surface area contributed by atoms with E-state index in [0.717, 1.165) is 9.13 Å². The molecule has 2 aromatic carbocycles. The van der Waals surface area contributed by atoms with Crippen LogP contribution in [0, 0.1) is 10.5 Å². The lowest BCUT2D eigenvalue weighted by Gasteiger charge is -2.12. The lowest BCUT2D eigenvalue weighted by Crippen LogP contribution is -2.42. The summed E-state index contributed by atoms with van der Waals surface area (Å²) < 4.78 is 11.5. The van der Waals surface area contributed by atoms with Gasteiger partial charge in [0.25, 0.3) is 11.8 Å². The standard InChI is InChI=1S/C18H19IN2O4/c1-4-25-14-9-8-12(10-15(14)24-3)17(22)20-21-18(23)13-7-5-6-11(2)16(13)19/h5-10H,4H2,1-3H3,(H,20,22)(H,21,23). The smallest absolute Gasteiger partial charge is 0.270 e. The first-order valence-electron chi connectivity index (χ1n) is 7.64. The second kappa shape index (κ2) is 8.70. The molecule has 0 atom stereocenters. The van der Waals surface area contributed by atoms with E-state index < -0.39 is 5.91 Å². The molecule has 132 valence electrons. The summed E-state index contributed by atoms with van der Waals surface area (Å²) in [5, 5.41) is 0. The normalized spacial score (nSPS) is 10.1. The van der Waals surface area contributed by atoms with Gasteiger partial charge >= 0.3 is 0 Å². The molecule has 0 aromatic heterocycles. The van der Waals surface area contributed by atoms with Crippen molar-refractivity contribution in [2.75, 3.05) is 13.7 Å². The number of halogens is 1. The van der Waals surface area contributed by atoms with Gasteiger partial charge in [0.2, 0.25) is 0 Å². The van der Waals surface area contributed by atoms with Gasteiger partial charge in [0.15, 0.2) is 11.5 Å². The highest BCUT2D eigenvalue weighted by Crippen LogP contribution is 2.27. The van der Waals surface area contributed by atoms with E-state index in [0.29, 0.717) is 29.2 Å². The van der Waals surface area contributed by atoms with Crippen LogP contribution >= 0.6 is 22.6 Å². The lowest BCUT2D eigenvalue weighted by atomic mass is 10.1. The molecule has 0 fully saturated rings. The first-order chi connectivity index (χ1) is 12.0. The number of benzene rings is 2. The molecule has 0 aliphatic rings. The number of hydrogen-bond donors (Lipinski definition) is 2. The summed E-state index contributed by atoms with van der Waals surface area (Å²) in [5.41, 5.74) is 6.68. The highest BCUT2D eigenvalue weighted by atomic mass is 127. The summed E-state index contributed by atoms with van der Waals surface area (Å²) in [6.45, 7) is 4.28. The van der Waals surface area contributed by atoms with Gasteiger partial charge in [-0.15, -0.1) is 0 Å². The van der Waals surface area contributed by atoms with Crippen molar-refractivity contribution in [2.45, 2.75) is 13.8 Å². The Morgan fingerprint density at radius 2 is 1.80 bits per heavy atom. The largest absolute Gasteiger partial charge is 0.493 e. The number of amides is 2. The van der Waals surface area contributed by atoms with E-state index >= 15 is 0 Å². The predicted molar refractivity (Wildman–Crippen MR) is 103 cm³/mol. The van der Waals surface area contributed by atoms with Crippen molar-refractivity contribution in [1.82, 2.24) is 10.9 Å². The number of hydrogen-bond acceptors (Lipinski definition) is 4. The van der Waals surface area contributed by atoms with Crippen LogP contribution in [-0.4, -0.2) is 25.5 Å². The van der Waals surface area contributed by atoms with Gasteiger partial charge in [-0.05, 0) is 66.3 Å². The van der Waals surface area contributed by atoms with E-state index in [1.54, 1.807) is 30.3 Å². The van der Waals surface area contributed by atoms with Gasteiger partial charge in [-0.25, -0.2) is 0 Å². The quantitative estimate of drug-likeness (QED) is 0.538. The number of carbonyl (C=O) groups is 2. The topological polar surface area (TPSA) is 76.7 Å². The summed E-state index contributed by atoms with van der Waals surface area (Å²) in [6.07, 6.45) is 0. The fourth-order valence-electron chi connectivity index (χ4n) is 2.16. The van der Waals surface area contributed by atoms with Crippen LogP contribution in [-0.2, 0) is 0 Å². The maximum Gasteiger partial charge on any atom is 0.270 e. The van der Waals surface area contributed by atoms with Gasteiger partial charge in [0, 0.05) is 9.13 Å². The molecule has 7 heteroatoms. The highest BCUT2D eigenvalue weighted by molar-refractivity contribution is 14.1. The molecule has 0 aliphatic carbocycles. The van der Waals surface area contributed by atoms with Crippen LogP contribution < -0.4 is 20.3 Å². The van der Waals surface area contributed by atoms with Crippen molar-refractivity contribution in [3.05, 3.63) is 56.7 Å². The molecule has 0 unspecified atom stereocenters. The van der Waals surface area contributed by atoms with Crippen LogP contribution in [0.2, 0.25) is 0 Å². The molecule has 0 bridgehead atoms. The van der Waals surface area contributed by atoms with Crippen molar-refractivity contribution < 1.29 is 19.1 Å². The zero-order valence-corrected chi connectivity index (χ0v) is 16.3. The molecular formula is C18H19IN2O4. The third-order valence-electron chi connectivity index (χ3n) is 3.45. The molecule has 2 amide bonds. The minimum absolute atomic E-state index is 0.347. The highest BCUT2D eigenvalue weighted by Gasteiger charge is 2.14. The van der Waals surface area contributed by atoms with Crippen LogP contribution in [0.1, 0.15) is 33.2 Å². The Morgan fingerprint density at radius 3 is 2.48 bits per heavy atom. The first kappa shape index (κ1) is 19.0. The van der Waals surface area contributed by atoms with E-state index in [1.807, 2.05) is 19.9 Å². The Morgan fingerprint density at radius 1 is 1.08 bits per heavy atom. The van der Waals surface area contributed by atoms with Gasteiger partial charge in [-0.2, -0.15) is 0 Å². The molecule has 0 saturated carbocycles.